The molecular weight excluding hydrogens is 316 g/mol. The van der Waals surface area contributed by atoms with Gasteiger partial charge in [-0.2, -0.15) is 0 Å². The summed E-state index contributed by atoms with van der Waals surface area (Å²) >= 11 is 0. The molecule has 0 radical (unpaired) electrons. The van der Waals surface area contributed by atoms with E-state index in [0.717, 1.165) is 40.7 Å². The lowest BCUT2D eigenvalue weighted by atomic mass is 9.52. The lowest BCUT2D eigenvalue weighted by Crippen LogP contribution is -2.48. The standard InChI is InChI=1S/C21H30O2S/c1-11-12(2)14(4)20(15(5)13(11)3)24(22,23)19-10-17-9-18(16(19)6)21(17,7)8/h17,19H,9-10H2,1-8H3. The SMILES string of the molecule is CC1=C2CC(CC1S(=O)(=O)c1c(C)c(C)c(C)c(C)c1C)C2(C)C. The number of allylic oxidation sites excluding steroid dienone is 1. The molecule has 0 heterocycles. The Kier molecular flexibility index (Phi) is 3.84. The normalized spacial score (nSPS) is 25.7. The van der Waals surface area contributed by atoms with Gasteiger partial charge in [0, 0.05) is 0 Å². The van der Waals surface area contributed by atoms with Gasteiger partial charge in [0.05, 0.1) is 10.1 Å². The third-order valence-electron chi connectivity index (χ3n) is 7.30. The average molecular weight is 347 g/mol. The fourth-order valence-corrected chi connectivity index (χ4v) is 7.49. The van der Waals surface area contributed by atoms with Gasteiger partial charge in [0.15, 0.2) is 9.84 Å². The van der Waals surface area contributed by atoms with Crippen LogP contribution in [-0.2, 0) is 9.84 Å². The highest BCUT2D eigenvalue weighted by Gasteiger charge is 2.52. The van der Waals surface area contributed by atoms with E-state index >= 15 is 0 Å². The fourth-order valence-electron chi connectivity index (χ4n) is 4.95. The van der Waals surface area contributed by atoms with Crippen molar-refractivity contribution in [2.24, 2.45) is 11.3 Å². The molecule has 0 amide bonds. The zero-order valence-corrected chi connectivity index (χ0v) is 17.1. The highest BCUT2D eigenvalue weighted by atomic mass is 32.2. The molecule has 0 aliphatic heterocycles. The van der Waals surface area contributed by atoms with E-state index in [1.165, 1.54) is 11.1 Å². The molecule has 24 heavy (non-hydrogen) atoms. The van der Waals surface area contributed by atoms with Gasteiger partial charge < -0.3 is 0 Å². The molecule has 3 heteroatoms. The number of hydrogen-bond donors (Lipinski definition) is 0. The summed E-state index contributed by atoms with van der Waals surface area (Å²) in [6.45, 7) is 16.7. The van der Waals surface area contributed by atoms with E-state index in [2.05, 4.69) is 20.8 Å². The van der Waals surface area contributed by atoms with E-state index in [1.54, 1.807) is 0 Å². The first-order chi connectivity index (χ1) is 10.9. The van der Waals surface area contributed by atoms with Crippen LogP contribution in [-0.4, -0.2) is 13.7 Å². The van der Waals surface area contributed by atoms with E-state index in [0.29, 0.717) is 10.8 Å². The second kappa shape index (κ2) is 5.20. The first-order valence-corrected chi connectivity index (χ1v) is 10.5. The molecule has 3 aliphatic carbocycles. The lowest BCUT2D eigenvalue weighted by molar-refractivity contribution is 0.134. The Labute approximate surface area is 147 Å². The van der Waals surface area contributed by atoms with Crippen molar-refractivity contribution in [1.29, 1.82) is 0 Å². The number of sulfone groups is 1. The Morgan fingerprint density at radius 3 is 1.71 bits per heavy atom. The summed E-state index contributed by atoms with van der Waals surface area (Å²) < 4.78 is 27.2. The Balaban J connectivity index is 2.20. The monoisotopic (exact) mass is 346 g/mol. The largest absolute Gasteiger partial charge is 0.223 e. The van der Waals surface area contributed by atoms with Gasteiger partial charge in [-0.3, -0.25) is 0 Å². The maximum absolute atomic E-state index is 13.6. The minimum atomic E-state index is -3.34. The van der Waals surface area contributed by atoms with Crippen LogP contribution in [0.2, 0.25) is 0 Å². The predicted octanol–water partition coefficient (Wildman–Crippen LogP) is 5.14. The van der Waals surface area contributed by atoms with Crippen molar-refractivity contribution >= 4 is 9.84 Å². The highest BCUT2D eigenvalue weighted by molar-refractivity contribution is 7.92. The molecule has 1 fully saturated rings. The van der Waals surface area contributed by atoms with E-state index in [-0.39, 0.29) is 10.7 Å². The quantitative estimate of drug-likeness (QED) is 0.695. The summed E-state index contributed by atoms with van der Waals surface area (Å²) in [5, 5.41) is -0.335. The summed E-state index contributed by atoms with van der Waals surface area (Å²) in [5.74, 6) is 0.504. The van der Waals surface area contributed by atoms with Gasteiger partial charge in [0.25, 0.3) is 0 Å². The summed E-state index contributed by atoms with van der Waals surface area (Å²) in [5.41, 5.74) is 8.00. The van der Waals surface area contributed by atoms with Crippen molar-refractivity contribution in [1.82, 2.24) is 0 Å². The van der Waals surface area contributed by atoms with Crippen LogP contribution in [0.3, 0.4) is 0 Å². The molecule has 1 saturated carbocycles. The lowest BCUT2D eigenvalue weighted by Gasteiger charge is -2.54. The van der Waals surface area contributed by atoms with Gasteiger partial charge in [-0.05, 0) is 93.5 Å². The number of benzene rings is 1. The van der Waals surface area contributed by atoms with Crippen LogP contribution in [0.1, 0.15) is 61.4 Å². The first kappa shape index (κ1) is 17.7. The van der Waals surface area contributed by atoms with Crippen LogP contribution >= 0.6 is 0 Å². The molecule has 2 atom stereocenters. The number of hydrogen-bond acceptors (Lipinski definition) is 2. The molecule has 3 aliphatic rings. The smallest absolute Gasteiger partial charge is 0.185 e. The summed E-state index contributed by atoms with van der Waals surface area (Å²) in [4.78, 5) is 0.590. The highest BCUT2D eigenvalue weighted by Crippen LogP contribution is 2.59. The molecule has 0 aromatic heterocycles. The van der Waals surface area contributed by atoms with Crippen LogP contribution in [0.5, 0.6) is 0 Å². The van der Waals surface area contributed by atoms with Crippen LogP contribution < -0.4 is 0 Å². The summed E-state index contributed by atoms with van der Waals surface area (Å²) in [6, 6.07) is 0. The molecule has 2 bridgehead atoms. The molecule has 132 valence electrons. The van der Waals surface area contributed by atoms with Gasteiger partial charge in [-0.15, -0.1) is 0 Å². The second-order valence-corrected chi connectivity index (χ2v) is 10.6. The van der Waals surface area contributed by atoms with Gasteiger partial charge in [0.1, 0.15) is 0 Å². The fraction of sp³-hybridized carbons (Fsp3) is 0.619. The maximum Gasteiger partial charge on any atom is 0.185 e. The van der Waals surface area contributed by atoms with Gasteiger partial charge in [-0.1, -0.05) is 25.0 Å². The Morgan fingerprint density at radius 1 is 0.833 bits per heavy atom. The van der Waals surface area contributed by atoms with Crippen molar-refractivity contribution in [3.8, 4) is 0 Å². The Bertz CT molecular complexity index is 841. The van der Waals surface area contributed by atoms with Crippen LogP contribution in [0, 0.1) is 46.0 Å². The minimum absolute atomic E-state index is 0.194. The van der Waals surface area contributed by atoms with Gasteiger partial charge >= 0.3 is 0 Å². The van der Waals surface area contributed by atoms with Gasteiger partial charge in [0.2, 0.25) is 0 Å². The molecule has 0 saturated heterocycles. The van der Waals surface area contributed by atoms with Crippen LogP contribution in [0.25, 0.3) is 0 Å². The molecule has 4 rings (SSSR count). The molecule has 1 aromatic carbocycles. The average Bonchev–Trinajstić information content (AvgIpc) is 2.50. The number of rotatable bonds is 2. The van der Waals surface area contributed by atoms with Crippen molar-refractivity contribution in [3.63, 3.8) is 0 Å². The Morgan fingerprint density at radius 2 is 1.29 bits per heavy atom. The molecule has 2 unspecified atom stereocenters. The third-order valence-corrected chi connectivity index (χ3v) is 9.77. The molecule has 0 N–H and O–H groups in total. The van der Waals surface area contributed by atoms with E-state index < -0.39 is 9.84 Å². The Hall–Kier alpha value is -1.09. The second-order valence-electron chi connectivity index (χ2n) is 8.51. The molecule has 0 spiro atoms. The predicted molar refractivity (Wildman–Crippen MR) is 100 cm³/mol. The zero-order valence-electron chi connectivity index (χ0n) is 16.3. The van der Waals surface area contributed by atoms with E-state index in [9.17, 15) is 8.42 Å². The maximum atomic E-state index is 13.6. The van der Waals surface area contributed by atoms with Gasteiger partial charge in [-0.25, -0.2) is 8.42 Å². The van der Waals surface area contributed by atoms with Crippen molar-refractivity contribution < 1.29 is 8.42 Å². The topological polar surface area (TPSA) is 34.1 Å². The summed E-state index contributed by atoms with van der Waals surface area (Å²) in [7, 11) is -3.34. The van der Waals surface area contributed by atoms with E-state index in [1.807, 2.05) is 34.6 Å². The van der Waals surface area contributed by atoms with Crippen LogP contribution in [0.15, 0.2) is 16.0 Å². The molecule has 2 nitrogen and oxygen atoms in total. The van der Waals surface area contributed by atoms with E-state index in [4.69, 9.17) is 0 Å². The van der Waals surface area contributed by atoms with Crippen molar-refractivity contribution in [3.05, 3.63) is 39.0 Å². The minimum Gasteiger partial charge on any atom is -0.223 e. The molecular formula is C21H30O2S. The molecule has 1 aromatic rings. The zero-order chi connectivity index (χ0) is 18.2. The van der Waals surface area contributed by atoms with Crippen LogP contribution in [0.4, 0.5) is 0 Å². The van der Waals surface area contributed by atoms with Crippen molar-refractivity contribution in [2.45, 2.75) is 78.4 Å². The summed E-state index contributed by atoms with van der Waals surface area (Å²) in [6.07, 6.45) is 1.87. The third kappa shape index (κ3) is 2.09. The number of fused-ring (bicyclic) bond motifs is 2. The first-order valence-electron chi connectivity index (χ1n) is 8.93. The van der Waals surface area contributed by atoms with Crippen molar-refractivity contribution in [2.75, 3.05) is 0 Å².